The predicted octanol–water partition coefficient (Wildman–Crippen LogP) is 4.58. The smallest absolute Gasteiger partial charge is 0.293 e. The zero-order valence-corrected chi connectivity index (χ0v) is 15.8. The van der Waals surface area contributed by atoms with Crippen LogP contribution in [0.25, 0.3) is 6.08 Å². The summed E-state index contributed by atoms with van der Waals surface area (Å²) in [6, 6.07) is 16.4. The molecule has 0 saturated carbocycles. The van der Waals surface area contributed by atoms with Crippen molar-refractivity contribution >= 4 is 29.0 Å². The van der Waals surface area contributed by atoms with E-state index in [0.29, 0.717) is 16.0 Å². The van der Waals surface area contributed by atoms with Crippen LogP contribution in [0.15, 0.2) is 53.4 Å². The first kappa shape index (κ1) is 18.7. The fraction of sp³-hybridized carbons (Fsp3) is 0.190. The third kappa shape index (κ3) is 4.39. The van der Waals surface area contributed by atoms with Crippen LogP contribution in [0.2, 0.25) is 0 Å². The minimum atomic E-state index is -0.347. The largest absolute Gasteiger partial charge is 0.491 e. The van der Waals surface area contributed by atoms with Gasteiger partial charge in [-0.3, -0.25) is 14.5 Å². The van der Waals surface area contributed by atoms with Gasteiger partial charge in [0.15, 0.2) is 0 Å². The molecule has 0 unspecified atom stereocenters. The first-order valence-electron chi connectivity index (χ1n) is 8.48. The molecular weight excluding hydrogens is 360 g/mol. The van der Waals surface area contributed by atoms with Crippen molar-refractivity contribution in [2.75, 3.05) is 0 Å². The Hall–Kier alpha value is -3.04. The molecule has 136 valence electrons. The first-order chi connectivity index (χ1) is 13.0. The number of hydrogen-bond donors (Lipinski definition) is 0. The van der Waals surface area contributed by atoms with E-state index in [4.69, 9.17) is 4.74 Å². The van der Waals surface area contributed by atoms with Crippen molar-refractivity contribution in [2.45, 2.75) is 26.5 Å². The highest BCUT2D eigenvalue weighted by Crippen LogP contribution is 2.33. The Morgan fingerprint density at radius 1 is 1.15 bits per heavy atom. The summed E-state index contributed by atoms with van der Waals surface area (Å²) in [6.07, 6.45) is 1.78. The van der Waals surface area contributed by atoms with Crippen LogP contribution in [0.3, 0.4) is 0 Å². The highest BCUT2D eigenvalue weighted by molar-refractivity contribution is 8.18. The minimum absolute atomic E-state index is 0.0867. The van der Waals surface area contributed by atoms with Gasteiger partial charge in [-0.15, -0.1) is 0 Å². The molecule has 0 radical (unpaired) electrons. The molecule has 1 aliphatic rings. The Labute approximate surface area is 162 Å². The Bertz CT molecular complexity index is 943. The highest BCUT2D eigenvalue weighted by atomic mass is 32.2. The molecule has 1 aliphatic heterocycles. The van der Waals surface area contributed by atoms with Gasteiger partial charge in [-0.2, -0.15) is 5.26 Å². The lowest BCUT2D eigenvalue weighted by molar-refractivity contribution is -0.123. The molecule has 2 amide bonds. The van der Waals surface area contributed by atoms with Gasteiger partial charge in [0.1, 0.15) is 5.75 Å². The van der Waals surface area contributed by atoms with Gasteiger partial charge in [0, 0.05) is 0 Å². The number of nitriles is 1. The number of imide groups is 1. The number of amides is 2. The number of thioether (sulfide) groups is 1. The molecular formula is C21H18N2O3S. The molecule has 0 aliphatic carbocycles. The van der Waals surface area contributed by atoms with Crippen molar-refractivity contribution in [3.05, 3.63) is 70.1 Å². The van der Waals surface area contributed by atoms with Gasteiger partial charge >= 0.3 is 0 Å². The fourth-order valence-electron chi connectivity index (χ4n) is 2.64. The quantitative estimate of drug-likeness (QED) is 0.712. The van der Waals surface area contributed by atoms with Crippen LogP contribution in [-0.2, 0) is 11.3 Å². The van der Waals surface area contributed by atoms with E-state index in [-0.39, 0.29) is 23.8 Å². The maximum Gasteiger partial charge on any atom is 0.293 e. The average Bonchev–Trinajstić information content (AvgIpc) is 2.91. The van der Waals surface area contributed by atoms with E-state index in [2.05, 4.69) is 6.07 Å². The SMILES string of the molecule is CC(C)Oc1ccc(/C=C2\SC(=O)N(Cc3ccccc3C#N)C2=O)cc1. The molecule has 0 atom stereocenters. The number of ether oxygens (including phenoxy) is 1. The number of carbonyl (C=O) groups excluding carboxylic acids is 2. The van der Waals surface area contributed by atoms with Gasteiger partial charge in [-0.1, -0.05) is 30.3 Å². The Balaban J connectivity index is 1.77. The van der Waals surface area contributed by atoms with Crippen LogP contribution in [0, 0.1) is 11.3 Å². The van der Waals surface area contributed by atoms with E-state index in [1.54, 1.807) is 30.3 Å². The number of benzene rings is 2. The lowest BCUT2D eigenvalue weighted by Crippen LogP contribution is -2.27. The van der Waals surface area contributed by atoms with Crippen molar-refractivity contribution in [1.82, 2.24) is 4.90 Å². The van der Waals surface area contributed by atoms with Gasteiger partial charge in [0.05, 0.1) is 29.2 Å². The van der Waals surface area contributed by atoms with Gasteiger partial charge in [-0.05, 0) is 61.0 Å². The first-order valence-corrected chi connectivity index (χ1v) is 9.29. The monoisotopic (exact) mass is 378 g/mol. The van der Waals surface area contributed by atoms with E-state index >= 15 is 0 Å². The van der Waals surface area contributed by atoms with Crippen LogP contribution >= 0.6 is 11.8 Å². The highest BCUT2D eigenvalue weighted by Gasteiger charge is 2.35. The number of rotatable bonds is 5. The van der Waals surface area contributed by atoms with Crippen LogP contribution in [0.4, 0.5) is 4.79 Å². The zero-order valence-electron chi connectivity index (χ0n) is 15.0. The van der Waals surface area contributed by atoms with Crippen molar-refractivity contribution in [2.24, 2.45) is 0 Å². The van der Waals surface area contributed by atoms with E-state index in [9.17, 15) is 14.9 Å². The van der Waals surface area contributed by atoms with Crippen molar-refractivity contribution in [3.8, 4) is 11.8 Å². The zero-order chi connectivity index (χ0) is 19.4. The van der Waals surface area contributed by atoms with Crippen LogP contribution < -0.4 is 4.74 Å². The number of carbonyl (C=O) groups is 2. The molecule has 0 spiro atoms. The Kier molecular flexibility index (Phi) is 5.63. The summed E-state index contributed by atoms with van der Waals surface area (Å²) in [4.78, 5) is 26.5. The lowest BCUT2D eigenvalue weighted by Gasteiger charge is -2.13. The van der Waals surface area contributed by atoms with Crippen LogP contribution in [0.1, 0.15) is 30.5 Å². The van der Waals surface area contributed by atoms with Crippen molar-refractivity contribution in [1.29, 1.82) is 5.26 Å². The maximum atomic E-state index is 12.6. The topological polar surface area (TPSA) is 70.4 Å². The van der Waals surface area contributed by atoms with Crippen LogP contribution in [0.5, 0.6) is 5.75 Å². The molecule has 1 heterocycles. The normalized spacial score (nSPS) is 15.5. The summed E-state index contributed by atoms with van der Waals surface area (Å²) in [7, 11) is 0. The number of hydrogen-bond acceptors (Lipinski definition) is 5. The second-order valence-electron chi connectivity index (χ2n) is 6.27. The third-order valence-corrected chi connectivity index (χ3v) is 4.80. The van der Waals surface area contributed by atoms with Crippen LogP contribution in [-0.4, -0.2) is 22.2 Å². The van der Waals surface area contributed by atoms with E-state index < -0.39 is 0 Å². The molecule has 2 aromatic carbocycles. The molecule has 0 bridgehead atoms. The molecule has 2 aromatic rings. The Morgan fingerprint density at radius 3 is 2.52 bits per heavy atom. The summed E-state index contributed by atoms with van der Waals surface area (Å²) in [5.74, 6) is 0.406. The summed E-state index contributed by atoms with van der Waals surface area (Å²) >= 11 is 0.909. The lowest BCUT2D eigenvalue weighted by atomic mass is 10.1. The summed E-state index contributed by atoms with van der Waals surface area (Å²) < 4.78 is 5.60. The number of nitrogens with zero attached hydrogens (tertiary/aromatic N) is 2. The van der Waals surface area contributed by atoms with Gasteiger partial charge in [0.2, 0.25) is 0 Å². The van der Waals surface area contributed by atoms with E-state index in [1.165, 1.54) is 4.90 Å². The molecule has 1 saturated heterocycles. The van der Waals surface area contributed by atoms with Crippen molar-refractivity contribution in [3.63, 3.8) is 0 Å². The Morgan fingerprint density at radius 2 is 1.85 bits per heavy atom. The predicted molar refractivity (Wildman–Crippen MR) is 105 cm³/mol. The van der Waals surface area contributed by atoms with Crippen molar-refractivity contribution < 1.29 is 14.3 Å². The standard InChI is InChI=1S/C21H18N2O3S/c1-14(2)26-18-9-7-15(8-10-18)11-19-20(24)23(21(25)27-19)13-17-6-4-3-5-16(17)12-22/h3-11,14H,13H2,1-2H3/b19-11-. The van der Waals surface area contributed by atoms with Gasteiger partial charge in [0.25, 0.3) is 11.1 Å². The van der Waals surface area contributed by atoms with E-state index in [1.807, 2.05) is 38.1 Å². The second-order valence-corrected chi connectivity index (χ2v) is 7.27. The molecule has 1 fully saturated rings. The average molecular weight is 378 g/mol. The van der Waals surface area contributed by atoms with Gasteiger partial charge < -0.3 is 4.74 Å². The maximum absolute atomic E-state index is 12.6. The summed E-state index contributed by atoms with van der Waals surface area (Å²) in [5, 5.41) is 8.85. The molecule has 5 nitrogen and oxygen atoms in total. The minimum Gasteiger partial charge on any atom is -0.491 e. The molecule has 0 N–H and O–H groups in total. The second kappa shape index (κ2) is 8.11. The van der Waals surface area contributed by atoms with E-state index in [0.717, 1.165) is 23.1 Å². The third-order valence-electron chi connectivity index (χ3n) is 3.89. The molecule has 0 aromatic heterocycles. The molecule has 3 rings (SSSR count). The summed E-state index contributed by atoms with van der Waals surface area (Å²) in [5.41, 5.74) is 1.93. The fourth-order valence-corrected chi connectivity index (χ4v) is 3.48. The summed E-state index contributed by atoms with van der Waals surface area (Å²) in [6.45, 7) is 4.00. The molecule has 27 heavy (non-hydrogen) atoms. The molecule has 6 heteroatoms. The van der Waals surface area contributed by atoms with Gasteiger partial charge in [-0.25, -0.2) is 0 Å².